The fraction of sp³-hybridized carbons (Fsp3) is 0.333. The van der Waals surface area contributed by atoms with E-state index in [2.05, 4.69) is 30.6 Å². The number of likely N-dealkylation sites (tertiary alicyclic amines) is 1. The molecule has 320 valence electrons. The van der Waals surface area contributed by atoms with Crippen LogP contribution in [-0.4, -0.2) is 83.0 Å². The number of benzene rings is 3. The minimum Gasteiger partial charge on any atom is -0.493 e. The van der Waals surface area contributed by atoms with E-state index in [1.165, 1.54) is 12.1 Å². The largest absolute Gasteiger partial charge is 0.573 e. The third-order valence-corrected chi connectivity index (χ3v) is 9.73. The van der Waals surface area contributed by atoms with Crippen LogP contribution in [0.5, 0.6) is 40.2 Å². The molecule has 5 aromatic rings. The van der Waals surface area contributed by atoms with Crippen LogP contribution in [0.4, 0.5) is 18.9 Å². The Kier molecular flexibility index (Phi) is 17.9. The maximum absolute atomic E-state index is 13.0. The smallest absolute Gasteiger partial charge is 0.493 e. The number of methoxy groups -OCH3 is 6. The SMILES string of the molecule is COc1cc(-c2cc(CN3CCC(N(Cc4ccnc(-c5cc(OC)c(OC)c(OC)c5)c4)c4ccc(OC(F)(F)F)cc4)CC3)ccn2)cc(OC)c1OC.Cl.Cl.Cl. The monoisotopic (exact) mass is 882 g/mol. The van der Waals surface area contributed by atoms with Gasteiger partial charge in [0.1, 0.15) is 5.75 Å². The second kappa shape index (κ2) is 21.8. The van der Waals surface area contributed by atoms with E-state index in [-0.39, 0.29) is 49.0 Å². The summed E-state index contributed by atoms with van der Waals surface area (Å²) in [5.41, 5.74) is 5.96. The zero-order chi connectivity index (χ0) is 39.8. The molecular formula is C42H48Cl3F3N4O7. The molecule has 0 unspecified atom stereocenters. The summed E-state index contributed by atoms with van der Waals surface area (Å²) in [4.78, 5) is 13.9. The molecule has 0 N–H and O–H groups in total. The molecule has 0 amide bonds. The first-order chi connectivity index (χ1) is 27.1. The van der Waals surface area contributed by atoms with E-state index in [1.54, 1.807) is 67.2 Å². The predicted molar refractivity (Wildman–Crippen MR) is 228 cm³/mol. The van der Waals surface area contributed by atoms with E-state index in [4.69, 9.17) is 28.4 Å². The Morgan fingerprint density at radius 1 is 0.610 bits per heavy atom. The number of aromatic nitrogens is 2. The summed E-state index contributed by atoms with van der Waals surface area (Å²) in [6, 6.07) is 21.6. The Morgan fingerprint density at radius 2 is 1.05 bits per heavy atom. The number of halogens is 6. The van der Waals surface area contributed by atoms with Crippen LogP contribution >= 0.6 is 37.2 Å². The van der Waals surface area contributed by atoms with Crippen molar-refractivity contribution in [2.24, 2.45) is 0 Å². The summed E-state index contributed by atoms with van der Waals surface area (Å²) in [5.74, 6) is 2.84. The Balaban J connectivity index is 0.00000310. The quantitative estimate of drug-likeness (QED) is 0.101. The topological polar surface area (TPSA) is 96.9 Å². The number of nitrogens with zero attached hydrogens (tertiary/aromatic N) is 4. The van der Waals surface area contributed by atoms with Crippen molar-refractivity contribution in [3.8, 4) is 62.8 Å². The molecular weight excluding hydrogens is 836 g/mol. The van der Waals surface area contributed by atoms with Crippen molar-refractivity contribution >= 4 is 42.9 Å². The molecule has 3 heterocycles. The highest BCUT2D eigenvalue weighted by Gasteiger charge is 2.31. The maximum atomic E-state index is 13.0. The number of ether oxygens (including phenoxy) is 7. The van der Waals surface area contributed by atoms with Gasteiger partial charge in [0.05, 0.1) is 54.0 Å². The zero-order valence-corrected chi connectivity index (χ0v) is 35.9. The highest BCUT2D eigenvalue weighted by atomic mass is 35.5. The molecule has 0 atom stereocenters. The van der Waals surface area contributed by atoms with Crippen molar-refractivity contribution in [1.29, 1.82) is 0 Å². The first kappa shape index (κ1) is 48.3. The normalized spacial score (nSPS) is 12.8. The van der Waals surface area contributed by atoms with Crippen molar-refractivity contribution < 1.29 is 46.3 Å². The van der Waals surface area contributed by atoms with Gasteiger partial charge in [0, 0.05) is 61.4 Å². The molecule has 1 aliphatic heterocycles. The third kappa shape index (κ3) is 11.8. The first-order valence-electron chi connectivity index (χ1n) is 17.9. The molecule has 0 bridgehead atoms. The van der Waals surface area contributed by atoms with Crippen molar-refractivity contribution in [1.82, 2.24) is 14.9 Å². The molecule has 1 aliphatic rings. The van der Waals surface area contributed by atoms with Gasteiger partial charge in [-0.2, -0.15) is 0 Å². The summed E-state index contributed by atoms with van der Waals surface area (Å²) >= 11 is 0. The van der Waals surface area contributed by atoms with Gasteiger partial charge in [-0.15, -0.1) is 50.4 Å². The van der Waals surface area contributed by atoms with E-state index in [1.807, 2.05) is 42.5 Å². The van der Waals surface area contributed by atoms with Crippen LogP contribution in [-0.2, 0) is 13.1 Å². The average Bonchev–Trinajstić information content (AvgIpc) is 3.22. The molecule has 11 nitrogen and oxygen atoms in total. The molecule has 2 aromatic heterocycles. The lowest BCUT2D eigenvalue weighted by Crippen LogP contribution is -2.44. The van der Waals surface area contributed by atoms with Crippen molar-refractivity contribution in [2.75, 3.05) is 60.6 Å². The second-order valence-corrected chi connectivity index (χ2v) is 13.1. The van der Waals surface area contributed by atoms with E-state index >= 15 is 0 Å². The van der Waals surface area contributed by atoms with Gasteiger partial charge in [-0.1, -0.05) is 0 Å². The highest BCUT2D eigenvalue weighted by molar-refractivity contribution is 5.86. The molecule has 6 rings (SSSR count). The highest BCUT2D eigenvalue weighted by Crippen LogP contribution is 2.42. The lowest BCUT2D eigenvalue weighted by Gasteiger charge is -2.40. The van der Waals surface area contributed by atoms with Crippen LogP contribution in [0.1, 0.15) is 24.0 Å². The van der Waals surface area contributed by atoms with Crippen LogP contribution in [0.25, 0.3) is 22.5 Å². The molecule has 1 saturated heterocycles. The standard InChI is InChI=1S/C42H45F3N4O7.3ClH/c1-50-36-21-29(22-37(51-2)40(36)54-5)34-19-27(11-15-46-34)25-48-17-13-32(14-18-48)49(31-7-9-33(10-8-31)56-42(43,44)45)26-28-12-16-47-35(20-28)30-23-38(52-3)41(55-6)39(24-30)53-4;;;/h7-12,15-16,19-24,32H,13-14,17-18,25-26H2,1-6H3;3*1H. The number of anilines is 1. The summed E-state index contributed by atoms with van der Waals surface area (Å²) in [6.07, 6.45) is 0.427. The van der Waals surface area contributed by atoms with Crippen LogP contribution in [0.3, 0.4) is 0 Å². The van der Waals surface area contributed by atoms with Gasteiger partial charge in [-0.3, -0.25) is 14.9 Å². The van der Waals surface area contributed by atoms with Crippen molar-refractivity contribution in [3.63, 3.8) is 0 Å². The van der Waals surface area contributed by atoms with Gasteiger partial charge >= 0.3 is 6.36 Å². The number of hydrogen-bond acceptors (Lipinski definition) is 11. The Bertz CT molecular complexity index is 2060. The van der Waals surface area contributed by atoms with E-state index in [9.17, 15) is 13.2 Å². The van der Waals surface area contributed by atoms with Gasteiger partial charge in [0.2, 0.25) is 11.5 Å². The van der Waals surface area contributed by atoms with E-state index < -0.39 is 6.36 Å². The zero-order valence-electron chi connectivity index (χ0n) is 33.4. The fourth-order valence-electron chi connectivity index (χ4n) is 7.03. The molecule has 17 heteroatoms. The van der Waals surface area contributed by atoms with Gasteiger partial charge < -0.3 is 38.1 Å². The summed E-state index contributed by atoms with van der Waals surface area (Å²) in [7, 11) is 9.41. The maximum Gasteiger partial charge on any atom is 0.573 e. The lowest BCUT2D eigenvalue weighted by molar-refractivity contribution is -0.274. The molecule has 59 heavy (non-hydrogen) atoms. The van der Waals surface area contributed by atoms with Crippen LogP contribution in [0.2, 0.25) is 0 Å². The molecule has 0 radical (unpaired) electrons. The van der Waals surface area contributed by atoms with Gasteiger partial charge in [0.15, 0.2) is 23.0 Å². The summed E-state index contributed by atoms with van der Waals surface area (Å²) < 4.78 is 76.4. The number of pyridine rings is 2. The summed E-state index contributed by atoms with van der Waals surface area (Å²) in [5, 5.41) is 0. The third-order valence-electron chi connectivity index (χ3n) is 9.73. The number of hydrogen-bond donors (Lipinski definition) is 0. The van der Waals surface area contributed by atoms with Crippen LogP contribution in [0.15, 0.2) is 85.2 Å². The minimum atomic E-state index is -4.78. The number of alkyl halides is 3. The minimum absolute atomic E-state index is 0. The van der Waals surface area contributed by atoms with Crippen molar-refractivity contribution in [2.45, 2.75) is 38.3 Å². The number of rotatable bonds is 15. The lowest BCUT2D eigenvalue weighted by atomic mass is 10.00. The van der Waals surface area contributed by atoms with Crippen LogP contribution < -0.4 is 38.1 Å². The molecule has 0 saturated carbocycles. The van der Waals surface area contributed by atoms with Crippen LogP contribution in [0, 0.1) is 0 Å². The van der Waals surface area contributed by atoms with Crippen molar-refractivity contribution in [3.05, 3.63) is 96.3 Å². The van der Waals surface area contributed by atoms with Gasteiger partial charge in [0.25, 0.3) is 0 Å². The second-order valence-electron chi connectivity index (χ2n) is 13.1. The fourth-order valence-corrected chi connectivity index (χ4v) is 7.03. The summed E-state index contributed by atoms with van der Waals surface area (Å²) in [6.45, 7) is 2.84. The predicted octanol–water partition coefficient (Wildman–Crippen LogP) is 9.70. The molecule has 3 aromatic carbocycles. The Morgan fingerprint density at radius 3 is 1.47 bits per heavy atom. The molecule has 1 fully saturated rings. The van der Waals surface area contributed by atoms with E-state index in [0.717, 1.165) is 66.1 Å². The molecule has 0 aliphatic carbocycles. The first-order valence-corrected chi connectivity index (χ1v) is 17.9. The van der Waals surface area contributed by atoms with Gasteiger partial charge in [-0.05, 0) is 96.8 Å². The van der Waals surface area contributed by atoms with Gasteiger partial charge in [-0.25, -0.2) is 0 Å². The average molecular weight is 884 g/mol. The Hall–Kier alpha value is -5.02. The Labute approximate surface area is 360 Å². The van der Waals surface area contributed by atoms with E-state index in [0.29, 0.717) is 46.7 Å². The number of piperidine rings is 1. The molecule has 0 spiro atoms.